The predicted molar refractivity (Wildman–Crippen MR) is 85.8 cm³/mol. The molecule has 0 bridgehead atoms. The number of hydrogen-bond donors (Lipinski definition) is 0. The summed E-state index contributed by atoms with van der Waals surface area (Å²) >= 11 is 3.60. The minimum absolute atomic E-state index is 0.0356. The van der Waals surface area contributed by atoms with Gasteiger partial charge in [-0.1, -0.05) is 19.1 Å². The second-order valence-corrected chi connectivity index (χ2v) is 5.54. The average molecular weight is 351 g/mol. The Balaban J connectivity index is 2.18. The Bertz CT molecular complexity index is 650. The maximum absolute atomic E-state index is 11.4. The average Bonchev–Trinajstić information content (AvgIpc) is 2.81. The van der Waals surface area contributed by atoms with E-state index >= 15 is 0 Å². The van der Waals surface area contributed by atoms with Gasteiger partial charge in [-0.25, -0.2) is 0 Å². The van der Waals surface area contributed by atoms with Crippen LogP contribution < -0.4 is 4.74 Å². The number of halogens is 1. The van der Waals surface area contributed by atoms with E-state index in [0.717, 1.165) is 28.8 Å². The molecule has 1 aromatic heterocycles. The third-order valence-electron chi connectivity index (χ3n) is 3.31. The highest BCUT2D eigenvalue weighted by Crippen LogP contribution is 2.24. The first kappa shape index (κ1) is 15.8. The van der Waals surface area contributed by atoms with Crippen LogP contribution in [0.15, 0.2) is 28.7 Å². The molecule has 1 aromatic carbocycles. The van der Waals surface area contributed by atoms with E-state index in [4.69, 9.17) is 4.74 Å². The van der Waals surface area contributed by atoms with Gasteiger partial charge in [0.05, 0.1) is 15.9 Å². The van der Waals surface area contributed by atoms with Crippen molar-refractivity contribution in [3.05, 3.63) is 45.7 Å². The molecule has 0 unspecified atom stereocenters. The van der Waals surface area contributed by atoms with Crippen molar-refractivity contribution in [2.75, 3.05) is 0 Å². The van der Waals surface area contributed by atoms with Crippen LogP contribution in [0.3, 0.4) is 0 Å². The minimum Gasteiger partial charge on any atom is -0.487 e. The van der Waals surface area contributed by atoms with Crippen LogP contribution in [0.2, 0.25) is 0 Å². The Morgan fingerprint density at radius 2 is 2.14 bits per heavy atom. The van der Waals surface area contributed by atoms with Crippen LogP contribution in [0.25, 0.3) is 0 Å². The van der Waals surface area contributed by atoms with Crippen molar-refractivity contribution >= 4 is 21.7 Å². The Kier molecular flexibility index (Phi) is 5.17. The lowest BCUT2D eigenvalue weighted by Gasteiger charge is -2.09. The maximum Gasteiger partial charge on any atom is 0.159 e. The second-order valence-electron chi connectivity index (χ2n) is 4.75. The van der Waals surface area contributed by atoms with Crippen molar-refractivity contribution in [3.63, 3.8) is 0 Å². The quantitative estimate of drug-likeness (QED) is 0.739. The number of aryl methyl sites for hydroxylation is 2. The number of rotatable bonds is 6. The van der Waals surface area contributed by atoms with E-state index in [9.17, 15) is 4.79 Å². The molecule has 2 aromatic rings. The number of ether oxygens (including phenoxy) is 1. The zero-order chi connectivity index (χ0) is 15.4. The predicted octanol–water partition coefficient (Wildman–Crippen LogP) is 4.01. The Morgan fingerprint density at radius 3 is 2.76 bits per heavy atom. The fourth-order valence-corrected chi connectivity index (χ4v) is 2.79. The molecule has 0 radical (unpaired) electrons. The van der Waals surface area contributed by atoms with Crippen molar-refractivity contribution in [2.45, 2.75) is 40.3 Å². The molecule has 0 amide bonds. The van der Waals surface area contributed by atoms with Crippen LogP contribution in [-0.2, 0) is 19.6 Å². The van der Waals surface area contributed by atoms with Gasteiger partial charge in [-0.15, -0.1) is 0 Å². The third kappa shape index (κ3) is 3.53. The van der Waals surface area contributed by atoms with Crippen molar-refractivity contribution in [1.82, 2.24) is 9.78 Å². The van der Waals surface area contributed by atoms with Gasteiger partial charge in [0, 0.05) is 12.1 Å². The minimum atomic E-state index is 0.0356. The molecule has 0 aliphatic heterocycles. The molecule has 0 atom stereocenters. The monoisotopic (exact) mass is 350 g/mol. The van der Waals surface area contributed by atoms with Gasteiger partial charge in [-0.05, 0) is 48.3 Å². The number of benzene rings is 1. The van der Waals surface area contributed by atoms with Gasteiger partial charge in [0.25, 0.3) is 0 Å². The number of carbonyl (C=O) groups excluding carboxylic acids is 1. The molecule has 2 rings (SSSR count). The Morgan fingerprint density at radius 1 is 1.38 bits per heavy atom. The van der Waals surface area contributed by atoms with Gasteiger partial charge in [0.1, 0.15) is 12.4 Å². The highest BCUT2D eigenvalue weighted by atomic mass is 79.9. The Labute approximate surface area is 133 Å². The molecule has 4 nitrogen and oxygen atoms in total. The van der Waals surface area contributed by atoms with Gasteiger partial charge in [-0.3, -0.25) is 9.48 Å². The van der Waals surface area contributed by atoms with E-state index in [1.54, 1.807) is 19.1 Å². The van der Waals surface area contributed by atoms with Crippen LogP contribution in [-0.4, -0.2) is 15.6 Å². The molecule has 0 saturated carbocycles. The van der Waals surface area contributed by atoms with Gasteiger partial charge in [0.15, 0.2) is 5.78 Å². The Hall–Kier alpha value is -1.62. The van der Waals surface area contributed by atoms with E-state index in [1.807, 2.05) is 16.8 Å². The molecule has 0 spiro atoms. The number of carbonyl (C=O) groups is 1. The van der Waals surface area contributed by atoms with Crippen molar-refractivity contribution in [1.29, 1.82) is 0 Å². The molecular weight excluding hydrogens is 332 g/mol. The van der Waals surface area contributed by atoms with Crippen molar-refractivity contribution in [2.24, 2.45) is 0 Å². The zero-order valence-electron chi connectivity index (χ0n) is 12.5. The van der Waals surface area contributed by atoms with Gasteiger partial charge in [-0.2, -0.15) is 5.10 Å². The first-order valence-electron chi connectivity index (χ1n) is 7.04. The van der Waals surface area contributed by atoms with Gasteiger partial charge >= 0.3 is 0 Å². The summed E-state index contributed by atoms with van der Waals surface area (Å²) in [7, 11) is 0. The fourth-order valence-electron chi connectivity index (χ4n) is 2.11. The largest absolute Gasteiger partial charge is 0.487 e. The van der Waals surface area contributed by atoms with E-state index in [0.29, 0.717) is 17.9 Å². The summed E-state index contributed by atoms with van der Waals surface area (Å²) < 4.78 is 8.77. The van der Waals surface area contributed by atoms with E-state index < -0.39 is 0 Å². The lowest BCUT2D eigenvalue weighted by atomic mass is 10.1. The smallest absolute Gasteiger partial charge is 0.159 e. The normalized spacial score (nSPS) is 10.7. The molecule has 21 heavy (non-hydrogen) atoms. The van der Waals surface area contributed by atoms with Gasteiger partial charge in [0.2, 0.25) is 0 Å². The zero-order valence-corrected chi connectivity index (χ0v) is 14.1. The fraction of sp³-hybridized carbons (Fsp3) is 0.375. The summed E-state index contributed by atoms with van der Waals surface area (Å²) in [6.07, 6.45) is 0.875. The molecule has 0 aliphatic rings. The molecule has 0 fully saturated rings. The van der Waals surface area contributed by atoms with E-state index in [1.165, 1.54) is 0 Å². The van der Waals surface area contributed by atoms with Crippen LogP contribution in [0.1, 0.15) is 42.5 Å². The second kappa shape index (κ2) is 6.89. The van der Waals surface area contributed by atoms with Crippen LogP contribution in [0, 0.1) is 0 Å². The number of aromatic nitrogens is 2. The van der Waals surface area contributed by atoms with E-state index in [2.05, 4.69) is 34.9 Å². The first-order chi connectivity index (χ1) is 10.1. The van der Waals surface area contributed by atoms with Crippen molar-refractivity contribution < 1.29 is 9.53 Å². The summed E-state index contributed by atoms with van der Waals surface area (Å²) in [4.78, 5) is 11.4. The van der Waals surface area contributed by atoms with Crippen LogP contribution in [0.5, 0.6) is 5.75 Å². The lowest BCUT2D eigenvalue weighted by molar-refractivity contribution is 0.101. The first-order valence-corrected chi connectivity index (χ1v) is 7.84. The molecule has 1 heterocycles. The van der Waals surface area contributed by atoms with Crippen molar-refractivity contribution in [3.8, 4) is 5.75 Å². The molecule has 0 N–H and O–H groups in total. The van der Waals surface area contributed by atoms with Gasteiger partial charge < -0.3 is 4.74 Å². The number of hydrogen-bond acceptors (Lipinski definition) is 3. The molecule has 0 saturated heterocycles. The molecule has 112 valence electrons. The highest BCUT2D eigenvalue weighted by molar-refractivity contribution is 9.10. The molecule has 0 aliphatic carbocycles. The maximum atomic E-state index is 11.4. The van der Waals surface area contributed by atoms with Crippen LogP contribution in [0.4, 0.5) is 0 Å². The summed E-state index contributed by atoms with van der Waals surface area (Å²) in [6.45, 7) is 6.90. The number of ketones is 1. The third-order valence-corrected chi connectivity index (χ3v) is 4.23. The lowest BCUT2D eigenvalue weighted by Crippen LogP contribution is -2.07. The summed E-state index contributed by atoms with van der Waals surface area (Å²) in [5.74, 6) is 0.727. The molecular formula is C16H19BrN2O2. The standard InChI is InChI=1S/C16H19BrN2O2/c1-4-14-16(17)15(19(5-2)18-14)10-21-13-8-6-7-12(9-13)11(3)20/h6-9H,4-5,10H2,1-3H3. The number of Topliss-reactive ketones (excluding diaryl/α,β-unsaturated/α-hetero) is 1. The van der Waals surface area contributed by atoms with E-state index in [-0.39, 0.29) is 5.78 Å². The highest BCUT2D eigenvalue weighted by Gasteiger charge is 2.14. The van der Waals surface area contributed by atoms with Crippen LogP contribution >= 0.6 is 15.9 Å². The summed E-state index contributed by atoms with van der Waals surface area (Å²) in [5, 5.41) is 4.54. The summed E-state index contributed by atoms with van der Waals surface area (Å²) in [5.41, 5.74) is 2.71. The number of nitrogens with zero attached hydrogens (tertiary/aromatic N) is 2. The topological polar surface area (TPSA) is 44.1 Å². The summed E-state index contributed by atoms with van der Waals surface area (Å²) in [6, 6.07) is 7.24. The molecule has 5 heteroatoms. The SMILES string of the molecule is CCc1nn(CC)c(COc2cccc(C(C)=O)c2)c1Br.